The predicted octanol–water partition coefficient (Wildman–Crippen LogP) is 6.80. The van der Waals surface area contributed by atoms with Crippen LogP contribution < -0.4 is 0 Å². The van der Waals surface area contributed by atoms with E-state index in [-0.39, 0.29) is 6.10 Å². The average molecular weight is 539 g/mol. The Morgan fingerprint density at radius 1 is 0.833 bits per heavy atom. The normalized spacial score (nSPS) is 21.4. The Kier molecular flexibility index (Phi) is 18.8. The van der Waals surface area contributed by atoms with Crippen molar-refractivity contribution in [3.8, 4) is 0 Å². The maximum absolute atomic E-state index is 12.1. The lowest BCUT2D eigenvalue weighted by atomic mass is 10.0. The van der Waals surface area contributed by atoms with E-state index in [0.717, 1.165) is 12.8 Å². The molecule has 36 heavy (non-hydrogen) atoms. The molecule has 0 spiro atoms. The molecule has 1 rings (SSSR count). The molecule has 0 saturated carbocycles. The minimum atomic E-state index is -4.33. The van der Waals surface area contributed by atoms with E-state index in [1.54, 1.807) is 0 Å². The summed E-state index contributed by atoms with van der Waals surface area (Å²) in [6.07, 6.45) is 20.4. The molecule has 0 aromatic heterocycles. The second-order valence-corrected chi connectivity index (χ2v) is 12.7. The van der Waals surface area contributed by atoms with Crippen LogP contribution in [0.5, 0.6) is 0 Å². The van der Waals surface area contributed by atoms with E-state index in [2.05, 4.69) is 16.5 Å². The second-order valence-electron chi connectivity index (χ2n) is 11.4. The van der Waals surface area contributed by atoms with Crippen LogP contribution in [-0.4, -0.2) is 75.7 Å². The van der Waals surface area contributed by atoms with Crippen LogP contribution in [0.2, 0.25) is 0 Å². The van der Waals surface area contributed by atoms with Crippen molar-refractivity contribution < 1.29 is 37.5 Å². The molecule has 0 radical (unpaired) electrons. The van der Waals surface area contributed by atoms with Gasteiger partial charge < -0.3 is 18.9 Å². The molecule has 216 valence electrons. The first-order valence-electron chi connectivity index (χ1n) is 14.4. The summed E-state index contributed by atoms with van der Waals surface area (Å²) < 4.78 is 34.4. The van der Waals surface area contributed by atoms with Crippen molar-refractivity contribution >= 4 is 7.82 Å². The molecule has 1 N–H and O–H groups in total. The topological polar surface area (TPSA) is 83.5 Å². The summed E-state index contributed by atoms with van der Waals surface area (Å²) in [7, 11) is 2.79. The SMILES string of the molecule is CCCCCCCCCCCCCCCCC[C@H]1CO[C@H](C(C[N+](C)(C)C)OP(=O)(O)OOC)CO1. The quantitative estimate of drug-likeness (QED) is 0.0503. The molecule has 9 heteroatoms. The van der Waals surface area contributed by atoms with Crippen LogP contribution in [0.1, 0.15) is 110 Å². The zero-order valence-corrected chi connectivity index (χ0v) is 24.9. The molecule has 1 heterocycles. The van der Waals surface area contributed by atoms with Gasteiger partial charge in [0.2, 0.25) is 0 Å². The first-order valence-corrected chi connectivity index (χ1v) is 15.9. The van der Waals surface area contributed by atoms with E-state index >= 15 is 0 Å². The Bertz CT molecular complexity index is 565. The van der Waals surface area contributed by atoms with Crippen molar-refractivity contribution in [2.75, 3.05) is 48.0 Å². The third-order valence-corrected chi connectivity index (χ3v) is 7.58. The molecule has 0 amide bonds. The first-order chi connectivity index (χ1) is 17.2. The smallest absolute Gasteiger partial charge is 0.373 e. The summed E-state index contributed by atoms with van der Waals surface area (Å²) >= 11 is 0. The first kappa shape index (κ1) is 34.0. The predicted molar refractivity (Wildman–Crippen MR) is 145 cm³/mol. The van der Waals surface area contributed by atoms with Crippen LogP contribution in [0.25, 0.3) is 0 Å². The Hall–Kier alpha value is -0.0500. The van der Waals surface area contributed by atoms with Gasteiger partial charge in [0.15, 0.2) is 0 Å². The largest absolute Gasteiger partial charge is 0.500 e. The monoisotopic (exact) mass is 538 g/mol. The number of hydrogen-bond donors (Lipinski definition) is 1. The van der Waals surface area contributed by atoms with Crippen LogP contribution in [0.15, 0.2) is 0 Å². The molecular formula is C27H57NO7P+. The maximum atomic E-state index is 12.1. The number of phosphoric acid groups is 1. The second kappa shape index (κ2) is 19.9. The van der Waals surface area contributed by atoms with E-state index in [9.17, 15) is 9.46 Å². The Labute approximate surface area is 221 Å². The maximum Gasteiger partial charge on any atom is 0.500 e. The van der Waals surface area contributed by atoms with Crippen molar-refractivity contribution in [1.82, 2.24) is 0 Å². The number of rotatable bonds is 23. The number of hydrogen-bond acceptors (Lipinski definition) is 6. The fraction of sp³-hybridized carbons (Fsp3) is 1.00. The fourth-order valence-corrected chi connectivity index (χ4v) is 5.49. The summed E-state index contributed by atoms with van der Waals surface area (Å²) in [6.45, 7) is 3.55. The van der Waals surface area contributed by atoms with E-state index < -0.39 is 20.0 Å². The summed E-state index contributed by atoms with van der Waals surface area (Å²) in [4.78, 5) is 14.2. The van der Waals surface area contributed by atoms with Gasteiger partial charge in [-0.1, -0.05) is 103 Å². The van der Waals surface area contributed by atoms with Crippen LogP contribution in [0.4, 0.5) is 0 Å². The highest BCUT2D eigenvalue weighted by Crippen LogP contribution is 2.45. The van der Waals surface area contributed by atoms with Crippen molar-refractivity contribution in [1.29, 1.82) is 0 Å². The van der Waals surface area contributed by atoms with E-state index in [0.29, 0.717) is 24.2 Å². The average Bonchev–Trinajstić information content (AvgIpc) is 2.80. The highest BCUT2D eigenvalue weighted by atomic mass is 31.2. The van der Waals surface area contributed by atoms with Crippen molar-refractivity contribution in [2.24, 2.45) is 0 Å². The Morgan fingerprint density at radius 2 is 1.33 bits per heavy atom. The molecule has 1 aliphatic heterocycles. The van der Waals surface area contributed by atoms with E-state index in [1.807, 2.05) is 21.1 Å². The van der Waals surface area contributed by atoms with Crippen LogP contribution in [-0.2, 0) is 28.1 Å². The summed E-state index contributed by atoms with van der Waals surface area (Å²) in [5.74, 6) is 0. The molecule has 1 aliphatic rings. The van der Waals surface area contributed by atoms with Crippen molar-refractivity contribution in [2.45, 2.75) is 128 Å². The number of ether oxygens (including phenoxy) is 2. The summed E-state index contributed by atoms with van der Waals surface area (Å²) in [5, 5.41) is 0. The van der Waals surface area contributed by atoms with E-state index in [1.165, 1.54) is 97.0 Å². The van der Waals surface area contributed by atoms with Gasteiger partial charge in [-0.15, -0.1) is 4.67 Å². The van der Waals surface area contributed by atoms with Gasteiger partial charge >= 0.3 is 7.82 Å². The van der Waals surface area contributed by atoms with Crippen LogP contribution >= 0.6 is 7.82 Å². The van der Waals surface area contributed by atoms with Crippen LogP contribution in [0, 0.1) is 0 Å². The van der Waals surface area contributed by atoms with Crippen molar-refractivity contribution in [3.63, 3.8) is 0 Å². The fourth-order valence-electron chi connectivity index (χ4n) is 4.72. The molecule has 4 atom stereocenters. The molecule has 0 bridgehead atoms. The third-order valence-electron chi connectivity index (χ3n) is 6.70. The number of phosphoric ester groups is 1. The molecule has 1 saturated heterocycles. The van der Waals surface area contributed by atoms with Gasteiger partial charge in [-0.05, 0) is 6.42 Å². The molecule has 0 aromatic carbocycles. The molecule has 2 unspecified atom stereocenters. The van der Waals surface area contributed by atoms with Gasteiger partial charge in [-0.25, -0.2) is 9.45 Å². The van der Waals surface area contributed by atoms with Gasteiger partial charge in [-0.3, -0.25) is 4.52 Å². The molecule has 0 aromatic rings. The summed E-state index contributed by atoms with van der Waals surface area (Å²) in [6, 6.07) is 0. The Balaban J connectivity index is 2.09. The summed E-state index contributed by atoms with van der Waals surface area (Å²) in [5.41, 5.74) is 0. The molecule has 0 aliphatic carbocycles. The van der Waals surface area contributed by atoms with Crippen LogP contribution in [0.3, 0.4) is 0 Å². The van der Waals surface area contributed by atoms with E-state index in [4.69, 9.17) is 14.0 Å². The number of nitrogens with zero attached hydrogens (tertiary/aromatic N) is 1. The lowest BCUT2D eigenvalue weighted by molar-refractivity contribution is -0.873. The highest BCUT2D eigenvalue weighted by molar-refractivity contribution is 7.47. The van der Waals surface area contributed by atoms with Gasteiger partial charge in [0.25, 0.3) is 0 Å². The minimum absolute atomic E-state index is 0.0733. The lowest BCUT2D eigenvalue weighted by Crippen LogP contribution is -2.51. The standard InChI is InChI=1S/C27H56NO7P/c1-6-7-8-9-10-11-12-13-14-15-16-17-18-19-20-21-25-23-33-27(24-32-25)26(22-28(2,3)4)34-36(29,30)35-31-5/h25-27H,6-24H2,1-5H3/p+1/t25-,26?,27-/m0/s1. The number of likely N-dealkylation sites (N-methyl/N-ethyl adjacent to an activating group) is 1. The van der Waals surface area contributed by atoms with Gasteiger partial charge in [0.1, 0.15) is 18.8 Å². The van der Waals surface area contributed by atoms with Crippen molar-refractivity contribution in [3.05, 3.63) is 0 Å². The number of quaternary nitrogens is 1. The Morgan fingerprint density at radius 3 is 1.75 bits per heavy atom. The van der Waals surface area contributed by atoms with Gasteiger partial charge in [-0.2, -0.15) is 0 Å². The van der Waals surface area contributed by atoms with Gasteiger partial charge in [0, 0.05) is 0 Å². The van der Waals surface area contributed by atoms with Gasteiger partial charge in [0.05, 0.1) is 47.6 Å². The highest BCUT2D eigenvalue weighted by Gasteiger charge is 2.39. The zero-order chi connectivity index (χ0) is 26.7. The molecule has 8 nitrogen and oxygen atoms in total. The number of unbranched alkanes of at least 4 members (excludes halogenated alkanes) is 14. The minimum Gasteiger partial charge on any atom is -0.373 e. The zero-order valence-electron chi connectivity index (χ0n) is 24.0. The molecule has 1 fully saturated rings. The third kappa shape index (κ3) is 18.2. The lowest BCUT2D eigenvalue weighted by Gasteiger charge is -2.37. The molecular weight excluding hydrogens is 481 g/mol.